The van der Waals surface area contributed by atoms with Gasteiger partial charge in [0.15, 0.2) is 0 Å². The van der Waals surface area contributed by atoms with Crippen LogP contribution in [0, 0.1) is 27.7 Å². The zero-order chi connectivity index (χ0) is 27.5. The summed E-state index contributed by atoms with van der Waals surface area (Å²) in [5.41, 5.74) is 4.70. The number of hydrogen-bond acceptors (Lipinski definition) is 6. The molecule has 0 radical (unpaired) electrons. The molecule has 0 bridgehead atoms. The molecule has 0 aliphatic heterocycles. The predicted octanol–water partition coefficient (Wildman–Crippen LogP) is 4.86. The first-order chi connectivity index (χ1) is 16.6. The Morgan fingerprint density at radius 1 is 0.639 bits per heavy atom. The molecule has 0 saturated carbocycles. The molecule has 0 fully saturated rings. The zero-order valence-electron chi connectivity index (χ0n) is 24.2. The molecule has 0 amide bonds. The molecule has 204 valence electrons. The van der Waals surface area contributed by atoms with Crippen LogP contribution in [-0.4, -0.2) is 59.8 Å². The number of aryl methyl sites for hydroxylation is 2. The predicted molar refractivity (Wildman–Crippen MR) is 150 cm³/mol. The van der Waals surface area contributed by atoms with Crippen molar-refractivity contribution in [3.8, 4) is 11.5 Å². The molecule has 0 aromatic heterocycles. The molecule has 2 atom stereocenters. The number of ether oxygens (including phenoxy) is 2. The van der Waals surface area contributed by atoms with Crippen LogP contribution in [0.4, 0.5) is 0 Å². The molecule has 0 aliphatic carbocycles. The second kappa shape index (κ2) is 14.6. The van der Waals surface area contributed by atoms with Crippen molar-refractivity contribution in [1.29, 1.82) is 0 Å². The summed E-state index contributed by atoms with van der Waals surface area (Å²) in [6, 6.07) is 11.9. The maximum absolute atomic E-state index is 9.85. The van der Waals surface area contributed by atoms with Crippen molar-refractivity contribution in [2.75, 3.05) is 26.3 Å². The fourth-order valence-electron chi connectivity index (χ4n) is 3.10. The minimum atomic E-state index is -0.496. The van der Waals surface area contributed by atoms with Crippen LogP contribution in [0.25, 0.3) is 0 Å². The van der Waals surface area contributed by atoms with E-state index in [1.54, 1.807) is 0 Å². The van der Waals surface area contributed by atoms with Gasteiger partial charge in [-0.1, -0.05) is 24.3 Å². The number of rotatable bonds is 10. The Bertz CT molecular complexity index is 841. The highest BCUT2D eigenvalue weighted by Crippen LogP contribution is 2.21. The van der Waals surface area contributed by atoms with E-state index in [1.165, 1.54) is 11.1 Å². The van der Waals surface area contributed by atoms with Crippen LogP contribution in [0.15, 0.2) is 36.4 Å². The summed E-state index contributed by atoms with van der Waals surface area (Å²) in [5, 5.41) is 26.2. The molecule has 0 aliphatic rings. The monoisotopic (exact) mass is 502 g/mol. The fraction of sp³-hybridized carbons (Fsp3) is 0.600. The topological polar surface area (TPSA) is 83.0 Å². The van der Waals surface area contributed by atoms with Crippen molar-refractivity contribution < 1.29 is 19.7 Å². The minimum Gasteiger partial charge on any atom is -0.491 e. The standard InChI is InChI=1S/2C15H25NO2/c2*1-11-7-6-8-14(12(11)2)18-10-13(17)9-16-15(3,4)5/h2*6-8,13,16-17H,9-10H2,1-5H3. The van der Waals surface area contributed by atoms with Gasteiger partial charge in [-0.2, -0.15) is 0 Å². The normalized spacial score (nSPS) is 13.4. The van der Waals surface area contributed by atoms with Gasteiger partial charge >= 0.3 is 0 Å². The average Bonchev–Trinajstić information content (AvgIpc) is 2.78. The van der Waals surface area contributed by atoms with Crippen LogP contribution < -0.4 is 20.1 Å². The summed E-state index contributed by atoms with van der Waals surface area (Å²) >= 11 is 0. The van der Waals surface area contributed by atoms with Gasteiger partial charge in [0.1, 0.15) is 36.9 Å². The Morgan fingerprint density at radius 3 is 1.28 bits per heavy atom. The second-order valence-corrected chi connectivity index (χ2v) is 11.6. The van der Waals surface area contributed by atoms with Gasteiger partial charge < -0.3 is 30.3 Å². The highest BCUT2D eigenvalue weighted by Gasteiger charge is 2.14. The number of nitrogens with one attached hydrogen (secondary N) is 2. The Balaban J connectivity index is 0.000000360. The maximum atomic E-state index is 9.85. The van der Waals surface area contributed by atoms with E-state index in [4.69, 9.17) is 9.47 Å². The lowest BCUT2D eigenvalue weighted by Gasteiger charge is -2.23. The number of aliphatic hydroxyl groups is 2. The summed E-state index contributed by atoms with van der Waals surface area (Å²) in [7, 11) is 0. The van der Waals surface area contributed by atoms with Crippen LogP contribution in [-0.2, 0) is 0 Å². The van der Waals surface area contributed by atoms with E-state index in [0.717, 1.165) is 22.6 Å². The minimum absolute atomic E-state index is 0.0141. The summed E-state index contributed by atoms with van der Waals surface area (Å²) in [5.74, 6) is 1.70. The van der Waals surface area contributed by atoms with Crippen molar-refractivity contribution >= 4 is 0 Å². The van der Waals surface area contributed by atoms with Crippen LogP contribution >= 0.6 is 0 Å². The molecular weight excluding hydrogens is 452 g/mol. The lowest BCUT2D eigenvalue weighted by Crippen LogP contribution is -2.42. The van der Waals surface area contributed by atoms with Crippen molar-refractivity contribution in [2.45, 2.75) is 92.5 Å². The first-order valence-corrected chi connectivity index (χ1v) is 12.8. The summed E-state index contributed by atoms with van der Waals surface area (Å²) in [6.45, 7) is 22.3. The quantitative estimate of drug-likeness (QED) is 0.371. The SMILES string of the molecule is Cc1cccc(OCC(O)CNC(C)(C)C)c1C.Cc1cccc(OCC(O)CNC(C)(C)C)c1C. The highest BCUT2D eigenvalue weighted by molar-refractivity contribution is 5.39. The molecule has 2 rings (SSSR count). The molecule has 4 N–H and O–H groups in total. The zero-order valence-corrected chi connectivity index (χ0v) is 24.2. The molecule has 0 spiro atoms. The van der Waals surface area contributed by atoms with E-state index in [0.29, 0.717) is 26.3 Å². The Morgan fingerprint density at radius 2 is 0.972 bits per heavy atom. The van der Waals surface area contributed by atoms with Crippen LogP contribution in [0.2, 0.25) is 0 Å². The first-order valence-electron chi connectivity index (χ1n) is 12.8. The third-order valence-corrected chi connectivity index (χ3v) is 5.71. The number of β-amino-alcohol motifs (C(OH)–C–C–N with tert-alkyl or cyclic N) is 2. The molecule has 36 heavy (non-hydrogen) atoms. The van der Waals surface area contributed by atoms with E-state index in [1.807, 2.05) is 38.1 Å². The van der Waals surface area contributed by atoms with E-state index in [2.05, 4.69) is 78.2 Å². The summed E-state index contributed by atoms with van der Waals surface area (Å²) in [6.07, 6.45) is -0.992. The molecule has 2 aromatic rings. The number of aliphatic hydroxyl groups excluding tert-OH is 2. The van der Waals surface area contributed by atoms with E-state index in [-0.39, 0.29) is 11.1 Å². The van der Waals surface area contributed by atoms with Gasteiger partial charge in [-0.25, -0.2) is 0 Å². The van der Waals surface area contributed by atoms with Gasteiger partial charge in [-0.3, -0.25) is 0 Å². The summed E-state index contributed by atoms with van der Waals surface area (Å²) < 4.78 is 11.3. The third kappa shape index (κ3) is 13.3. The van der Waals surface area contributed by atoms with Crippen LogP contribution in [0.3, 0.4) is 0 Å². The van der Waals surface area contributed by atoms with Crippen LogP contribution in [0.1, 0.15) is 63.8 Å². The van der Waals surface area contributed by atoms with E-state index >= 15 is 0 Å². The lowest BCUT2D eigenvalue weighted by atomic mass is 10.1. The smallest absolute Gasteiger partial charge is 0.122 e. The Hall–Kier alpha value is -2.12. The first kappa shape index (κ1) is 31.9. The fourth-order valence-corrected chi connectivity index (χ4v) is 3.10. The molecule has 0 saturated heterocycles. The van der Waals surface area contributed by atoms with E-state index < -0.39 is 12.2 Å². The highest BCUT2D eigenvalue weighted by atomic mass is 16.5. The van der Waals surface area contributed by atoms with Crippen molar-refractivity contribution in [2.24, 2.45) is 0 Å². The van der Waals surface area contributed by atoms with Gasteiger partial charge in [0, 0.05) is 24.2 Å². The molecule has 6 nitrogen and oxygen atoms in total. The number of benzene rings is 2. The number of hydrogen-bond donors (Lipinski definition) is 4. The second-order valence-electron chi connectivity index (χ2n) is 11.6. The third-order valence-electron chi connectivity index (χ3n) is 5.71. The molecule has 6 heteroatoms. The van der Waals surface area contributed by atoms with Gasteiger partial charge in [0.05, 0.1) is 0 Å². The van der Waals surface area contributed by atoms with Crippen molar-refractivity contribution in [1.82, 2.24) is 10.6 Å². The van der Waals surface area contributed by atoms with Crippen molar-refractivity contribution in [3.05, 3.63) is 58.7 Å². The van der Waals surface area contributed by atoms with Gasteiger partial charge in [0.25, 0.3) is 0 Å². The van der Waals surface area contributed by atoms with Gasteiger partial charge in [0.2, 0.25) is 0 Å². The van der Waals surface area contributed by atoms with Gasteiger partial charge in [-0.15, -0.1) is 0 Å². The Kier molecular flexibility index (Phi) is 12.9. The van der Waals surface area contributed by atoms with E-state index in [9.17, 15) is 10.2 Å². The Labute approximate surface area is 219 Å². The van der Waals surface area contributed by atoms with Gasteiger partial charge in [-0.05, 0) is 104 Å². The lowest BCUT2D eigenvalue weighted by molar-refractivity contribution is 0.0996. The van der Waals surface area contributed by atoms with Crippen LogP contribution in [0.5, 0.6) is 11.5 Å². The molecular formula is C30H50N2O4. The molecule has 2 aromatic carbocycles. The molecule has 2 unspecified atom stereocenters. The largest absolute Gasteiger partial charge is 0.491 e. The summed E-state index contributed by atoms with van der Waals surface area (Å²) in [4.78, 5) is 0. The molecule has 0 heterocycles. The van der Waals surface area contributed by atoms with Crippen molar-refractivity contribution in [3.63, 3.8) is 0 Å². The average molecular weight is 503 g/mol. The maximum Gasteiger partial charge on any atom is 0.122 e.